The highest BCUT2D eigenvalue weighted by atomic mass is 19.1. The molecular weight excluding hydrogens is 259 g/mol. The van der Waals surface area contributed by atoms with Crippen molar-refractivity contribution in [2.75, 3.05) is 5.73 Å². The van der Waals surface area contributed by atoms with Gasteiger partial charge in [0.15, 0.2) is 0 Å². The van der Waals surface area contributed by atoms with Crippen LogP contribution in [0.3, 0.4) is 0 Å². The molecule has 0 unspecified atom stereocenters. The van der Waals surface area contributed by atoms with Gasteiger partial charge in [-0.25, -0.2) is 9.07 Å². The van der Waals surface area contributed by atoms with Crippen LogP contribution in [0, 0.1) is 24.1 Å². The molecule has 0 saturated heterocycles. The molecule has 0 aliphatic carbocycles. The van der Waals surface area contributed by atoms with Crippen LogP contribution in [0.2, 0.25) is 0 Å². The number of nitriles is 1. The molecule has 0 fully saturated rings. The van der Waals surface area contributed by atoms with E-state index < -0.39 is 5.82 Å². The average Bonchev–Trinajstić information content (AvgIpc) is 2.67. The monoisotopic (exact) mass is 274 g/mol. The van der Waals surface area contributed by atoms with Crippen LogP contribution in [0.15, 0.2) is 18.2 Å². The quantitative estimate of drug-likeness (QED) is 0.929. The topological polar surface area (TPSA) is 76.9 Å². The molecule has 0 spiro atoms. The summed E-state index contributed by atoms with van der Waals surface area (Å²) in [6.07, 6.45) is 0.852. The Kier molecular flexibility index (Phi) is 3.89. The van der Waals surface area contributed by atoms with Crippen LogP contribution < -0.4 is 10.5 Å². The number of hydrogen-bond donors (Lipinski definition) is 1. The second-order valence-electron chi connectivity index (χ2n) is 4.35. The Morgan fingerprint density at radius 1 is 1.50 bits per heavy atom. The highest BCUT2D eigenvalue weighted by Crippen LogP contribution is 2.32. The molecule has 104 valence electrons. The number of benzene rings is 1. The Labute approximate surface area is 116 Å². The van der Waals surface area contributed by atoms with Crippen molar-refractivity contribution in [3.8, 4) is 17.7 Å². The number of halogens is 1. The van der Waals surface area contributed by atoms with Crippen molar-refractivity contribution < 1.29 is 9.13 Å². The molecule has 0 amide bonds. The molecule has 2 aromatic rings. The fraction of sp³-hybridized carbons (Fsp3) is 0.286. The lowest BCUT2D eigenvalue weighted by Gasteiger charge is -2.10. The van der Waals surface area contributed by atoms with Crippen LogP contribution in [0.5, 0.6) is 11.6 Å². The van der Waals surface area contributed by atoms with E-state index in [9.17, 15) is 4.39 Å². The molecule has 0 aliphatic heterocycles. The summed E-state index contributed by atoms with van der Waals surface area (Å²) in [5, 5.41) is 13.3. The molecule has 0 saturated carbocycles. The molecule has 0 atom stereocenters. The Morgan fingerprint density at radius 3 is 2.90 bits per heavy atom. The smallest absolute Gasteiger partial charge is 0.241 e. The minimum atomic E-state index is -0.623. The number of nitrogen functional groups attached to an aromatic ring is 1. The highest BCUT2D eigenvalue weighted by Gasteiger charge is 2.17. The third-order valence-electron chi connectivity index (χ3n) is 2.85. The van der Waals surface area contributed by atoms with Crippen LogP contribution >= 0.6 is 0 Å². The molecular formula is C14H15FN4O. The summed E-state index contributed by atoms with van der Waals surface area (Å²) < 4.78 is 20.8. The van der Waals surface area contributed by atoms with Crippen molar-refractivity contribution in [1.29, 1.82) is 5.26 Å². The van der Waals surface area contributed by atoms with E-state index in [1.54, 1.807) is 17.7 Å². The average molecular weight is 274 g/mol. The molecule has 2 N–H and O–H groups in total. The number of ether oxygens (including phenoxy) is 1. The lowest BCUT2D eigenvalue weighted by molar-refractivity contribution is 0.406. The fourth-order valence-corrected chi connectivity index (χ4v) is 1.85. The van der Waals surface area contributed by atoms with Gasteiger partial charge in [-0.3, -0.25) is 0 Å². The van der Waals surface area contributed by atoms with Gasteiger partial charge in [0.25, 0.3) is 0 Å². The van der Waals surface area contributed by atoms with Gasteiger partial charge < -0.3 is 10.5 Å². The van der Waals surface area contributed by atoms with Crippen molar-refractivity contribution >= 4 is 5.69 Å². The number of aryl methyl sites for hydroxylation is 2. The van der Waals surface area contributed by atoms with Crippen LogP contribution in [-0.4, -0.2) is 9.78 Å². The van der Waals surface area contributed by atoms with Crippen LogP contribution in [-0.2, 0) is 6.54 Å². The predicted octanol–water partition coefficient (Wildman–Crippen LogP) is 2.99. The summed E-state index contributed by atoms with van der Waals surface area (Å²) in [6.45, 7) is 4.40. The maximum atomic E-state index is 13.6. The van der Waals surface area contributed by atoms with Gasteiger partial charge in [-0.1, -0.05) is 13.0 Å². The number of rotatable bonds is 4. The first-order chi connectivity index (χ1) is 9.58. The molecule has 5 nitrogen and oxygen atoms in total. The molecule has 1 aromatic heterocycles. The number of anilines is 1. The third-order valence-corrected chi connectivity index (χ3v) is 2.85. The van der Waals surface area contributed by atoms with Crippen LogP contribution in [0.25, 0.3) is 0 Å². The van der Waals surface area contributed by atoms with E-state index in [1.807, 2.05) is 6.92 Å². The summed E-state index contributed by atoms with van der Waals surface area (Å²) >= 11 is 0. The lowest BCUT2D eigenvalue weighted by atomic mass is 10.2. The SMILES string of the molecule is CCCn1nc(C)c(N)c1Oc1cccc(F)c1C#N. The normalized spacial score (nSPS) is 10.3. The van der Waals surface area contributed by atoms with Gasteiger partial charge in [-0.05, 0) is 25.5 Å². The summed E-state index contributed by atoms with van der Waals surface area (Å²) in [6, 6.07) is 6.01. The van der Waals surface area contributed by atoms with Crippen molar-refractivity contribution in [2.24, 2.45) is 0 Å². The first-order valence-corrected chi connectivity index (χ1v) is 6.27. The molecule has 0 aliphatic rings. The van der Waals surface area contributed by atoms with E-state index >= 15 is 0 Å². The Hall–Kier alpha value is -2.55. The van der Waals surface area contributed by atoms with Crippen molar-refractivity contribution in [3.05, 3.63) is 35.3 Å². The standard InChI is InChI=1S/C14H15FN4O/c1-3-7-19-14(13(17)9(2)18-19)20-12-6-4-5-11(15)10(12)8-16/h4-6H,3,7,17H2,1-2H3. The lowest BCUT2D eigenvalue weighted by Crippen LogP contribution is -2.03. The van der Waals surface area contributed by atoms with Crippen molar-refractivity contribution in [2.45, 2.75) is 26.8 Å². The molecule has 0 radical (unpaired) electrons. The van der Waals surface area contributed by atoms with Gasteiger partial charge in [-0.2, -0.15) is 10.4 Å². The van der Waals surface area contributed by atoms with Crippen molar-refractivity contribution in [3.63, 3.8) is 0 Å². The Morgan fingerprint density at radius 2 is 2.25 bits per heavy atom. The van der Waals surface area contributed by atoms with Gasteiger partial charge in [0, 0.05) is 6.54 Å². The van der Waals surface area contributed by atoms with E-state index in [2.05, 4.69) is 5.10 Å². The van der Waals surface area contributed by atoms with E-state index in [0.29, 0.717) is 23.8 Å². The minimum Gasteiger partial charge on any atom is -0.436 e. The summed E-state index contributed by atoms with van der Waals surface area (Å²) in [5.74, 6) is -0.148. The van der Waals surface area contributed by atoms with Crippen LogP contribution in [0.4, 0.5) is 10.1 Å². The Balaban J connectivity index is 2.45. The molecule has 20 heavy (non-hydrogen) atoms. The first kappa shape index (κ1) is 13.9. The predicted molar refractivity (Wildman–Crippen MR) is 72.9 cm³/mol. The molecule has 2 rings (SSSR count). The zero-order valence-electron chi connectivity index (χ0n) is 11.4. The van der Waals surface area contributed by atoms with E-state index in [4.69, 9.17) is 15.7 Å². The minimum absolute atomic E-state index is 0.136. The molecule has 1 aromatic carbocycles. The number of aromatic nitrogens is 2. The van der Waals surface area contributed by atoms with Gasteiger partial charge >= 0.3 is 0 Å². The van der Waals surface area contributed by atoms with E-state index in [-0.39, 0.29) is 11.3 Å². The van der Waals surface area contributed by atoms with Gasteiger partial charge in [0.05, 0.1) is 5.69 Å². The summed E-state index contributed by atoms with van der Waals surface area (Å²) in [5.41, 5.74) is 6.82. The first-order valence-electron chi connectivity index (χ1n) is 6.27. The summed E-state index contributed by atoms with van der Waals surface area (Å²) in [4.78, 5) is 0. The zero-order valence-corrected chi connectivity index (χ0v) is 11.4. The molecule has 0 bridgehead atoms. The number of nitrogens with two attached hydrogens (primary N) is 1. The van der Waals surface area contributed by atoms with Crippen molar-refractivity contribution in [1.82, 2.24) is 9.78 Å². The second-order valence-corrected chi connectivity index (χ2v) is 4.35. The highest BCUT2D eigenvalue weighted by molar-refractivity contribution is 5.55. The summed E-state index contributed by atoms with van der Waals surface area (Å²) in [7, 11) is 0. The van der Waals surface area contributed by atoms with Gasteiger partial charge in [0.1, 0.15) is 28.9 Å². The number of nitrogens with zero attached hydrogens (tertiary/aromatic N) is 3. The van der Waals surface area contributed by atoms with Gasteiger partial charge in [-0.15, -0.1) is 0 Å². The zero-order chi connectivity index (χ0) is 14.7. The third kappa shape index (κ3) is 2.43. The molecule has 6 heteroatoms. The number of hydrogen-bond acceptors (Lipinski definition) is 4. The van der Waals surface area contributed by atoms with Gasteiger partial charge in [0.2, 0.25) is 5.88 Å². The maximum absolute atomic E-state index is 13.6. The second kappa shape index (κ2) is 5.61. The molecule has 1 heterocycles. The maximum Gasteiger partial charge on any atom is 0.241 e. The fourth-order valence-electron chi connectivity index (χ4n) is 1.85. The van der Waals surface area contributed by atoms with E-state index in [1.165, 1.54) is 18.2 Å². The van der Waals surface area contributed by atoms with Crippen LogP contribution in [0.1, 0.15) is 24.6 Å². The van der Waals surface area contributed by atoms with E-state index in [0.717, 1.165) is 6.42 Å². The largest absolute Gasteiger partial charge is 0.436 e. The Bertz CT molecular complexity index is 673.